The third-order valence-corrected chi connectivity index (χ3v) is 6.64. The highest BCUT2D eigenvalue weighted by Gasteiger charge is 2.25. The molecule has 2 heterocycles. The topological polar surface area (TPSA) is 40.5 Å². The summed E-state index contributed by atoms with van der Waals surface area (Å²) in [7, 11) is 0. The molecule has 2 aliphatic rings. The van der Waals surface area contributed by atoms with E-state index in [2.05, 4.69) is 59.5 Å². The number of carbonyl (C=O) groups is 1. The summed E-state index contributed by atoms with van der Waals surface area (Å²) in [4.78, 5) is 14.9. The molecule has 0 bridgehead atoms. The lowest BCUT2D eigenvalue weighted by Gasteiger charge is -2.30. The van der Waals surface area contributed by atoms with Crippen molar-refractivity contribution < 1.29 is 9.90 Å². The number of carboxylic acid groups (broad SMARTS) is 1. The van der Waals surface area contributed by atoms with Gasteiger partial charge in [-0.05, 0) is 54.1 Å². The van der Waals surface area contributed by atoms with Gasteiger partial charge in [0.25, 0.3) is 0 Å². The van der Waals surface area contributed by atoms with E-state index in [1.165, 1.54) is 27.2 Å². The number of aliphatic carboxylic acids is 1. The van der Waals surface area contributed by atoms with E-state index < -0.39 is 5.97 Å². The Morgan fingerprint density at radius 3 is 2.78 bits per heavy atom. The van der Waals surface area contributed by atoms with E-state index in [0.717, 1.165) is 38.1 Å². The second kappa shape index (κ2) is 8.32. The summed E-state index contributed by atoms with van der Waals surface area (Å²) < 4.78 is 0. The van der Waals surface area contributed by atoms with Gasteiger partial charge in [-0.25, -0.2) is 0 Å². The van der Waals surface area contributed by atoms with Gasteiger partial charge in [-0.2, -0.15) is 0 Å². The number of fused-ring (bicyclic) bond motifs is 2. The molecule has 4 rings (SSSR count). The van der Waals surface area contributed by atoms with Gasteiger partial charge in [0.05, 0.1) is 5.92 Å². The molecule has 0 aromatic heterocycles. The predicted octanol–water partition coefficient (Wildman–Crippen LogP) is 4.91. The lowest BCUT2D eigenvalue weighted by molar-refractivity contribution is -0.143. The van der Waals surface area contributed by atoms with Gasteiger partial charge in [0.2, 0.25) is 0 Å². The van der Waals surface area contributed by atoms with Gasteiger partial charge in [-0.3, -0.25) is 4.79 Å². The van der Waals surface area contributed by atoms with Crippen molar-refractivity contribution in [3.63, 3.8) is 0 Å². The van der Waals surface area contributed by atoms with Crippen LogP contribution in [0.3, 0.4) is 0 Å². The molecule has 3 nitrogen and oxygen atoms in total. The molecule has 4 heteroatoms. The molecule has 2 aromatic rings. The fourth-order valence-electron chi connectivity index (χ4n) is 4.10. The Labute approximate surface area is 165 Å². The van der Waals surface area contributed by atoms with Crippen molar-refractivity contribution in [1.82, 2.24) is 4.90 Å². The summed E-state index contributed by atoms with van der Waals surface area (Å²) in [6.45, 7) is 2.61. The highest BCUT2D eigenvalue weighted by molar-refractivity contribution is 7.98. The molecule has 1 N–H and O–H groups in total. The van der Waals surface area contributed by atoms with Gasteiger partial charge in [0, 0.05) is 23.7 Å². The SMILES string of the molecule is O=C(O)C1CCCN(CCC=C2c3ccccc3CSc3ccccc32)C1. The standard InChI is InChI=1S/C23H25NO2S/c25-23(26)17-8-5-13-24(15-17)14-6-11-20-19-9-2-1-7-18(19)16-27-22-12-4-3-10-21(20)22/h1-4,7,9-12,17H,5-6,8,13-16H2,(H,25,26). The van der Waals surface area contributed by atoms with E-state index in [1.54, 1.807) is 0 Å². The van der Waals surface area contributed by atoms with Gasteiger partial charge < -0.3 is 10.0 Å². The van der Waals surface area contributed by atoms with E-state index in [0.29, 0.717) is 6.54 Å². The van der Waals surface area contributed by atoms with Crippen molar-refractivity contribution in [2.24, 2.45) is 5.92 Å². The Morgan fingerprint density at radius 1 is 1.15 bits per heavy atom. The Bertz CT molecular complexity index is 811. The number of carboxylic acids is 1. The molecule has 2 aromatic carbocycles. The smallest absolute Gasteiger partial charge is 0.307 e. The zero-order valence-corrected chi connectivity index (χ0v) is 16.3. The molecule has 0 radical (unpaired) electrons. The molecule has 0 spiro atoms. The third-order valence-electron chi connectivity index (χ3n) is 5.52. The minimum atomic E-state index is -0.651. The van der Waals surface area contributed by atoms with Crippen LogP contribution in [0, 0.1) is 5.92 Å². The number of benzene rings is 2. The summed E-state index contributed by atoms with van der Waals surface area (Å²) in [5.41, 5.74) is 5.35. The Hall–Kier alpha value is -2.04. The molecule has 2 aliphatic heterocycles. The molecular weight excluding hydrogens is 354 g/mol. The maximum atomic E-state index is 11.3. The van der Waals surface area contributed by atoms with Crippen LogP contribution in [0.25, 0.3) is 5.57 Å². The molecule has 1 atom stereocenters. The molecule has 140 valence electrons. The second-order valence-corrected chi connectivity index (χ2v) is 8.34. The molecular formula is C23H25NO2S. The summed E-state index contributed by atoms with van der Waals surface area (Å²) in [6.07, 6.45) is 5.09. The largest absolute Gasteiger partial charge is 0.481 e. The quantitative estimate of drug-likeness (QED) is 0.819. The van der Waals surface area contributed by atoms with Crippen LogP contribution in [0.15, 0.2) is 59.5 Å². The molecule has 1 fully saturated rings. The van der Waals surface area contributed by atoms with E-state index >= 15 is 0 Å². The van der Waals surface area contributed by atoms with Crippen LogP contribution >= 0.6 is 11.8 Å². The van der Waals surface area contributed by atoms with Crippen molar-refractivity contribution in [3.8, 4) is 0 Å². The van der Waals surface area contributed by atoms with Crippen molar-refractivity contribution in [2.75, 3.05) is 19.6 Å². The number of nitrogens with zero attached hydrogens (tertiary/aromatic N) is 1. The van der Waals surface area contributed by atoms with Crippen molar-refractivity contribution >= 4 is 23.3 Å². The average Bonchev–Trinajstić information content (AvgIpc) is 2.86. The number of thioether (sulfide) groups is 1. The first-order valence-electron chi connectivity index (χ1n) is 9.68. The molecule has 0 amide bonds. The first-order valence-corrected chi connectivity index (χ1v) is 10.7. The van der Waals surface area contributed by atoms with E-state index in [-0.39, 0.29) is 5.92 Å². The molecule has 1 saturated heterocycles. The molecule has 0 saturated carbocycles. The maximum absolute atomic E-state index is 11.3. The first kappa shape index (κ1) is 18.3. The fourth-order valence-corrected chi connectivity index (χ4v) is 5.17. The number of rotatable bonds is 4. The first-order chi connectivity index (χ1) is 13.2. The van der Waals surface area contributed by atoms with Gasteiger partial charge in [-0.1, -0.05) is 48.5 Å². The van der Waals surface area contributed by atoms with Crippen LogP contribution in [0.2, 0.25) is 0 Å². The van der Waals surface area contributed by atoms with Gasteiger partial charge in [0.1, 0.15) is 0 Å². The van der Waals surface area contributed by atoms with E-state index in [9.17, 15) is 9.90 Å². The van der Waals surface area contributed by atoms with Crippen LogP contribution in [0.1, 0.15) is 36.0 Å². The Balaban J connectivity index is 1.56. The Morgan fingerprint density at radius 2 is 1.93 bits per heavy atom. The van der Waals surface area contributed by atoms with E-state index in [4.69, 9.17) is 0 Å². The van der Waals surface area contributed by atoms with Gasteiger partial charge in [0.15, 0.2) is 0 Å². The van der Waals surface area contributed by atoms with Crippen molar-refractivity contribution in [1.29, 1.82) is 0 Å². The van der Waals surface area contributed by atoms with Crippen LogP contribution in [-0.2, 0) is 10.5 Å². The molecule has 0 aliphatic carbocycles. The molecule has 1 unspecified atom stereocenters. The summed E-state index contributed by atoms with van der Waals surface area (Å²) >= 11 is 1.90. The van der Waals surface area contributed by atoms with Gasteiger partial charge >= 0.3 is 5.97 Å². The highest BCUT2D eigenvalue weighted by Crippen LogP contribution is 2.40. The summed E-state index contributed by atoms with van der Waals surface area (Å²) in [5, 5.41) is 9.29. The number of hydrogen-bond donors (Lipinski definition) is 1. The van der Waals surface area contributed by atoms with Gasteiger partial charge in [-0.15, -0.1) is 11.8 Å². The zero-order valence-electron chi connectivity index (χ0n) is 15.4. The van der Waals surface area contributed by atoms with E-state index in [1.807, 2.05) is 11.8 Å². The van der Waals surface area contributed by atoms with Crippen molar-refractivity contribution in [3.05, 3.63) is 71.3 Å². The summed E-state index contributed by atoms with van der Waals surface area (Å²) in [6, 6.07) is 17.3. The van der Waals surface area contributed by atoms with Crippen molar-refractivity contribution in [2.45, 2.75) is 29.9 Å². The minimum absolute atomic E-state index is 0.206. The Kier molecular flexibility index (Phi) is 5.65. The maximum Gasteiger partial charge on any atom is 0.307 e. The minimum Gasteiger partial charge on any atom is -0.481 e. The third kappa shape index (κ3) is 4.12. The lowest BCUT2D eigenvalue weighted by atomic mass is 9.93. The average molecular weight is 380 g/mol. The number of hydrogen-bond acceptors (Lipinski definition) is 3. The zero-order chi connectivity index (χ0) is 18.6. The molecule has 27 heavy (non-hydrogen) atoms. The number of likely N-dealkylation sites (tertiary alicyclic amines) is 1. The normalized spacial score (nSPS) is 21.3. The lowest BCUT2D eigenvalue weighted by Crippen LogP contribution is -2.39. The second-order valence-electron chi connectivity index (χ2n) is 7.33. The van der Waals surface area contributed by atoms with Crippen LogP contribution < -0.4 is 0 Å². The monoisotopic (exact) mass is 379 g/mol. The summed E-state index contributed by atoms with van der Waals surface area (Å²) in [5.74, 6) is 0.139. The predicted molar refractivity (Wildman–Crippen MR) is 111 cm³/mol. The number of piperidine rings is 1. The van der Waals surface area contributed by atoms with Crippen LogP contribution in [-0.4, -0.2) is 35.6 Å². The van der Waals surface area contributed by atoms with Crippen LogP contribution in [0.4, 0.5) is 0 Å². The highest BCUT2D eigenvalue weighted by atomic mass is 32.2. The fraction of sp³-hybridized carbons (Fsp3) is 0.348. The van der Waals surface area contributed by atoms with Crippen LogP contribution in [0.5, 0.6) is 0 Å².